The lowest BCUT2D eigenvalue weighted by molar-refractivity contribution is -0.148. The van der Waals surface area contributed by atoms with E-state index < -0.39 is 22.0 Å². The topological polar surface area (TPSA) is 63.7 Å². The highest BCUT2D eigenvalue weighted by atomic mass is 32.2. The zero-order valence-corrected chi connectivity index (χ0v) is 11.3. The molecule has 0 spiro atoms. The van der Waals surface area contributed by atoms with Crippen molar-refractivity contribution in [1.82, 2.24) is 4.31 Å². The van der Waals surface area contributed by atoms with Gasteiger partial charge < -0.3 is 4.74 Å². The van der Waals surface area contributed by atoms with Crippen molar-refractivity contribution < 1.29 is 17.9 Å². The minimum atomic E-state index is -3.31. The van der Waals surface area contributed by atoms with Crippen LogP contribution in [0.15, 0.2) is 0 Å². The first kappa shape index (κ1) is 14.4. The molecule has 1 unspecified atom stereocenters. The van der Waals surface area contributed by atoms with Gasteiger partial charge in [-0.3, -0.25) is 4.79 Å². The van der Waals surface area contributed by atoms with Gasteiger partial charge in [-0.05, 0) is 32.6 Å². The van der Waals surface area contributed by atoms with Crippen LogP contribution in [0.4, 0.5) is 0 Å². The third kappa shape index (κ3) is 3.67. The van der Waals surface area contributed by atoms with Crippen molar-refractivity contribution in [2.24, 2.45) is 0 Å². The summed E-state index contributed by atoms with van der Waals surface area (Å²) < 4.78 is 30.3. The summed E-state index contributed by atoms with van der Waals surface area (Å²) >= 11 is 0. The number of piperidine rings is 1. The molecule has 1 saturated heterocycles. The van der Waals surface area contributed by atoms with E-state index in [2.05, 4.69) is 0 Å². The lowest BCUT2D eigenvalue weighted by atomic mass is 10.1. The molecule has 0 bridgehead atoms. The standard InChI is InChI=1S/C11H21NO4S/c1-3-9-17(14,15)12-8-6-5-7-10(12)11(13)16-4-2/h10H,3-9H2,1-2H3. The summed E-state index contributed by atoms with van der Waals surface area (Å²) in [6, 6.07) is -0.611. The van der Waals surface area contributed by atoms with Gasteiger partial charge in [-0.25, -0.2) is 8.42 Å². The van der Waals surface area contributed by atoms with E-state index in [0.717, 1.165) is 12.8 Å². The van der Waals surface area contributed by atoms with Crippen LogP contribution in [0, 0.1) is 0 Å². The first-order valence-corrected chi connectivity index (χ1v) is 7.80. The summed E-state index contributed by atoms with van der Waals surface area (Å²) in [5.74, 6) is -0.310. The van der Waals surface area contributed by atoms with Gasteiger partial charge in [-0.1, -0.05) is 6.92 Å². The Morgan fingerprint density at radius 1 is 1.35 bits per heavy atom. The lowest BCUT2D eigenvalue weighted by Gasteiger charge is -2.32. The van der Waals surface area contributed by atoms with Gasteiger partial charge in [0.05, 0.1) is 12.4 Å². The maximum absolute atomic E-state index is 12.0. The minimum absolute atomic E-state index is 0.100. The Morgan fingerprint density at radius 2 is 2.06 bits per heavy atom. The normalized spacial score (nSPS) is 22.4. The first-order chi connectivity index (χ1) is 8.03. The molecule has 1 atom stereocenters. The Hall–Kier alpha value is -0.620. The molecule has 1 heterocycles. The van der Waals surface area contributed by atoms with Crippen molar-refractivity contribution in [2.75, 3.05) is 18.9 Å². The molecule has 17 heavy (non-hydrogen) atoms. The molecule has 0 aliphatic carbocycles. The molecule has 0 amide bonds. The van der Waals surface area contributed by atoms with Crippen LogP contribution in [0.5, 0.6) is 0 Å². The highest BCUT2D eigenvalue weighted by Gasteiger charge is 2.36. The van der Waals surface area contributed by atoms with E-state index >= 15 is 0 Å². The number of ether oxygens (including phenoxy) is 1. The summed E-state index contributed by atoms with van der Waals surface area (Å²) in [6.45, 7) is 4.27. The maximum atomic E-state index is 12.0. The van der Waals surface area contributed by atoms with Gasteiger partial charge in [0, 0.05) is 6.54 Å². The summed E-state index contributed by atoms with van der Waals surface area (Å²) in [6.07, 6.45) is 2.83. The van der Waals surface area contributed by atoms with Crippen LogP contribution in [-0.2, 0) is 19.6 Å². The van der Waals surface area contributed by atoms with E-state index in [1.54, 1.807) is 6.92 Å². The Morgan fingerprint density at radius 3 is 2.65 bits per heavy atom. The Bertz CT molecular complexity index is 352. The number of hydrogen-bond donors (Lipinski definition) is 0. The largest absolute Gasteiger partial charge is 0.465 e. The molecule has 1 aliphatic heterocycles. The molecule has 0 N–H and O–H groups in total. The van der Waals surface area contributed by atoms with Gasteiger partial charge >= 0.3 is 5.97 Å². The van der Waals surface area contributed by atoms with Gasteiger partial charge in [0.15, 0.2) is 0 Å². The quantitative estimate of drug-likeness (QED) is 0.698. The van der Waals surface area contributed by atoms with Crippen LogP contribution >= 0.6 is 0 Å². The SMILES string of the molecule is CCCS(=O)(=O)N1CCCCC1C(=O)OCC. The smallest absolute Gasteiger partial charge is 0.324 e. The molecule has 5 nitrogen and oxygen atoms in total. The summed E-state index contributed by atoms with van der Waals surface area (Å²) in [5, 5.41) is 0. The van der Waals surface area contributed by atoms with E-state index in [1.807, 2.05) is 6.92 Å². The summed E-state index contributed by atoms with van der Waals surface area (Å²) in [5.41, 5.74) is 0. The maximum Gasteiger partial charge on any atom is 0.324 e. The third-order valence-electron chi connectivity index (χ3n) is 2.83. The molecule has 0 aromatic carbocycles. The third-order valence-corrected chi connectivity index (χ3v) is 4.91. The molecule has 1 aliphatic rings. The van der Waals surface area contributed by atoms with Crippen LogP contribution in [0.25, 0.3) is 0 Å². The molecule has 0 aromatic heterocycles. The number of carbonyl (C=O) groups is 1. The summed E-state index contributed by atoms with van der Waals surface area (Å²) in [4.78, 5) is 11.7. The van der Waals surface area contributed by atoms with Crippen molar-refractivity contribution in [3.05, 3.63) is 0 Å². The fourth-order valence-corrected chi connectivity index (χ4v) is 3.82. The number of nitrogens with zero attached hydrogens (tertiary/aromatic N) is 1. The van der Waals surface area contributed by atoms with E-state index in [4.69, 9.17) is 4.74 Å². The first-order valence-electron chi connectivity index (χ1n) is 6.19. The monoisotopic (exact) mass is 263 g/mol. The fourth-order valence-electron chi connectivity index (χ4n) is 2.09. The second-order valence-corrected chi connectivity index (χ2v) is 6.23. The van der Waals surface area contributed by atoms with Crippen molar-refractivity contribution in [3.8, 4) is 0 Å². The second-order valence-electron chi connectivity index (χ2n) is 4.19. The fraction of sp³-hybridized carbons (Fsp3) is 0.909. The van der Waals surface area contributed by atoms with Crippen LogP contribution < -0.4 is 0 Å². The van der Waals surface area contributed by atoms with E-state index in [9.17, 15) is 13.2 Å². The highest BCUT2D eigenvalue weighted by molar-refractivity contribution is 7.89. The van der Waals surface area contributed by atoms with E-state index in [-0.39, 0.29) is 12.4 Å². The number of hydrogen-bond acceptors (Lipinski definition) is 4. The number of sulfonamides is 1. The molecule has 0 radical (unpaired) electrons. The molecule has 6 heteroatoms. The van der Waals surface area contributed by atoms with E-state index in [0.29, 0.717) is 19.4 Å². The van der Waals surface area contributed by atoms with Crippen LogP contribution in [-0.4, -0.2) is 43.6 Å². The molecule has 0 saturated carbocycles. The molecular formula is C11H21NO4S. The molecule has 100 valence electrons. The van der Waals surface area contributed by atoms with Gasteiger partial charge in [0.1, 0.15) is 6.04 Å². The second kappa shape index (κ2) is 6.35. The Balaban J connectivity index is 2.82. The highest BCUT2D eigenvalue weighted by Crippen LogP contribution is 2.22. The average molecular weight is 263 g/mol. The van der Waals surface area contributed by atoms with Crippen molar-refractivity contribution in [2.45, 2.75) is 45.6 Å². The summed E-state index contributed by atoms with van der Waals surface area (Å²) in [7, 11) is -3.31. The van der Waals surface area contributed by atoms with Crippen molar-refractivity contribution in [1.29, 1.82) is 0 Å². The lowest BCUT2D eigenvalue weighted by Crippen LogP contribution is -2.49. The number of rotatable bonds is 5. The van der Waals surface area contributed by atoms with Gasteiger partial charge in [0.25, 0.3) is 0 Å². The van der Waals surface area contributed by atoms with Crippen LogP contribution in [0.3, 0.4) is 0 Å². The minimum Gasteiger partial charge on any atom is -0.465 e. The predicted molar refractivity (Wildman–Crippen MR) is 65.1 cm³/mol. The average Bonchev–Trinajstić information content (AvgIpc) is 2.29. The molecule has 0 aromatic rings. The van der Waals surface area contributed by atoms with Gasteiger partial charge in [0.2, 0.25) is 10.0 Å². The van der Waals surface area contributed by atoms with Crippen LogP contribution in [0.2, 0.25) is 0 Å². The Kier molecular flexibility index (Phi) is 5.39. The number of esters is 1. The predicted octanol–water partition coefficient (Wildman–Crippen LogP) is 1.14. The van der Waals surface area contributed by atoms with Crippen LogP contribution in [0.1, 0.15) is 39.5 Å². The van der Waals surface area contributed by atoms with Gasteiger partial charge in [-0.15, -0.1) is 0 Å². The van der Waals surface area contributed by atoms with Gasteiger partial charge in [-0.2, -0.15) is 4.31 Å². The zero-order chi connectivity index (χ0) is 12.9. The molecular weight excluding hydrogens is 242 g/mol. The number of carbonyl (C=O) groups excluding carboxylic acids is 1. The zero-order valence-electron chi connectivity index (χ0n) is 10.5. The molecule has 1 rings (SSSR count). The van der Waals surface area contributed by atoms with E-state index in [1.165, 1.54) is 4.31 Å². The Labute approximate surface area is 103 Å². The van der Waals surface area contributed by atoms with Crippen molar-refractivity contribution in [3.63, 3.8) is 0 Å². The van der Waals surface area contributed by atoms with Crippen molar-refractivity contribution >= 4 is 16.0 Å². The molecule has 1 fully saturated rings.